The van der Waals surface area contributed by atoms with Crippen molar-refractivity contribution in [3.8, 4) is 11.4 Å². The number of thioether (sulfide) groups is 1. The molecule has 0 spiro atoms. The number of carbonyl (C=O) groups is 2. The van der Waals surface area contributed by atoms with Gasteiger partial charge in [-0.25, -0.2) is 9.47 Å². The lowest BCUT2D eigenvalue weighted by Gasteiger charge is -2.07. The maximum atomic E-state index is 12.3. The molecule has 0 atom stereocenters. The molecule has 8 nitrogen and oxygen atoms in total. The zero-order chi connectivity index (χ0) is 22.2. The van der Waals surface area contributed by atoms with Gasteiger partial charge in [-0.3, -0.25) is 4.79 Å². The van der Waals surface area contributed by atoms with Crippen molar-refractivity contribution in [2.24, 2.45) is 0 Å². The molecule has 0 aliphatic rings. The van der Waals surface area contributed by atoms with Crippen LogP contribution in [-0.4, -0.2) is 39.1 Å². The van der Waals surface area contributed by atoms with Crippen molar-refractivity contribution in [3.63, 3.8) is 0 Å². The molecular formula is C21H22ClN5O3S. The molecule has 162 valence electrons. The zero-order valence-electron chi connectivity index (χ0n) is 16.9. The van der Waals surface area contributed by atoms with Crippen LogP contribution in [0.1, 0.15) is 30.1 Å². The van der Waals surface area contributed by atoms with Crippen LogP contribution in [-0.2, 0) is 9.53 Å². The van der Waals surface area contributed by atoms with E-state index in [0.29, 0.717) is 33.9 Å². The monoisotopic (exact) mass is 459 g/mol. The minimum absolute atomic E-state index is 0.0940. The van der Waals surface area contributed by atoms with Gasteiger partial charge in [0, 0.05) is 16.3 Å². The molecule has 0 aliphatic heterocycles. The summed E-state index contributed by atoms with van der Waals surface area (Å²) in [4.78, 5) is 24.2. The molecular weight excluding hydrogens is 438 g/mol. The number of nitrogens with one attached hydrogen (secondary N) is 1. The van der Waals surface area contributed by atoms with E-state index < -0.39 is 0 Å². The second-order valence-electron chi connectivity index (χ2n) is 6.59. The van der Waals surface area contributed by atoms with Gasteiger partial charge in [0.15, 0.2) is 5.82 Å². The van der Waals surface area contributed by atoms with Gasteiger partial charge >= 0.3 is 5.97 Å². The number of ether oxygens (including phenoxy) is 1. The standard InChI is InChI=1S/C21H22ClN5O3S/c1-2-3-12-30-20(29)15-6-10-17(11-7-15)24-18(28)13-31-21-26-25-19(27(21)23)14-4-8-16(22)9-5-14/h4-11H,2-3,12-13,23H2,1H3,(H,24,28). The highest BCUT2D eigenvalue weighted by atomic mass is 35.5. The summed E-state index contributed by atoms with van der Waals surface area (Å²) >= 11 is 7.06. The second-order valence-corrected chi connectivity index (χ2v) is 7.97. The summed E-state index contributed by atoms with van der Waals surface area (Å²) in [6.07, 6.45) is 1.79. The molecule has 0 radical (unpaired) electrons. The average molecular weight is 460 g/mol. The molecule has 31 heavy (non-hydrogen) atoms. The van der Waals surface area contributed by atoms with Crippen LogP contribution in [0.3, 0.4) is 0 Å². The molecule has 0 saturated heterocycles. The van der Waals surface area contributed by atoms with Gasteiger partial charge in [-0.2, -0.15) is 0 Å². The zero-order valence-corrected chi connectivity index (χ0v) is 18.4. The Labute approximate surface area is 189 Å². The van der Waals surface area contributed by atoms with Gasteiger partial charge in [-0.15, -0.1) is 10.2 Å². The van der Waals surface area contributed by atoms with Crippen molar-refractivity contribution in [1.82, 2.24) is 14.9 Å². The number of hydrogen-bond acceptors (Lipinski definition) is 7. The highest BCUT2D eigenvalue weighted by Gasteiger charge is 2.14. The lowest BCUT2D eigenvalue weighted by atomic mass is 10.2. The number of carbonyl (C=O) groups excluding carboxylic acids is 2. The van der Waals surface area contributed by atoms with Crippen LogP contribution < -0.4 is 11.2 Å². The Balaban J connectivity index is 1.52. The fraction of sp³-hybridized carbons (Fsp3) is 0.238. The Bertz CT molecular complexity index is 1040. The van der Waals surface area contributed by atoms with Crippen LogP contribution in [0, 0.1) is 0 Å². The lowest BCUT2D eigenvalue weighted by Crippen LogP contribution is -2.16. The first-order valence-electron chi connectivity index (χ1n) is 9.64. The van der Waals surface area contributed by atoms with Gasteiger partial charge in [0.1, 0.15) is 0 Å². The minimum atomic E-state index is -0.374. The number of unbranched alkanes of at least 4 members (excludes halogenated alkanes) is 1. The van der Waals surface area contributed by atoms with Crippen molar-refractivity contribution in [1.29, 1.82) is 0 Å². The van der Waals surface area contributed by atoms with Gasteiger partial charge in [-0.05, 0) is 55.0 Å². The van der Waals surface area contributed by atoms with Gasteiger partial charge < -0.3 is 15.9 Å². The quantitative estimate of drug-likeness (QED) is 0.215. The summed E-state index contributed by atoms with van der Waals surface area (Å²) in [6, 6.07) is 13.6. The molecule has 0 saturated carbocycles. The largest absolute Gasteiger partial charge is 0.462 e. The first kappa shape index (κ1) is 22.6. The van der Waals surface area contributed by atoms with Crippen LogP contribution in [0.5, 0.6) is 0 Å². The van der Waals surface area contributed by atoms with Crippen molar-refractivity contribution in [2.45, 2.75) is 24.9 Å². The van der Waals surface area contributed by atoms with E-state index in [1.807, 2.05) is 6.92 Å². The molecule has 1 aromatic heterocycles. The van der Waals surface area contributed by atoms with Gasteiger partial charge in [0.2, 0.25) is 11.1 Å². The van der Waals surface area contributed by atoms with Crippen LogP contribution >= 0.6 is 23.4 Å². The molecule has 3 N–H and O–H groups in total. The number of hydrogen-bond donors (Lipinski definition) is 2. The van der Waals surface area contributed by atoms with Crippen LogP contribution in [0.15, 0.2) is 53.7 Å². The van der Waals surface area contributed by atoms with Crippen molar-refractivity contribution in [2.75, 3.05) is 23.5 Å². The normalized spacial score (nSPS) is 10.6. The number of nitrogens with zero attached hydrogens (tertiary/aromatic N) is 3. The van der Waals surface area contributed by atoms with E-state index in [0.717, 1.165) is 30.2 Å². The van der Waals surface area contributed by atoms with E-state index in [-0.39, 0.29) is 17.6 Å². The fourth-order valence-electron chi connectivity index (χ4n) is 2.58. The fourth-order valence-corrected chi connectivity index (χ4v) is 3.36. The third-order valence-electron chi connectivity index (χ3n) is 4.23. The molecule has 0 bridgehead atoms. The predicted molar refractivity (Wildman–Crippen MR) is 122 cm³/mol. The van der Waals surface area contributed by atoms with Crippen LogP contribution in [0.2, 0.25) is 5.02 Å². The summed E-state index contributed by atoms with van der Waals surface area (Å²) in [7, 11) is 0. The first-order valence-corrected chi connectivity index (χ1v) is 11.0. The van der Waals surface area contributed by atoms with E-state index >= 15 is 0 Å². The number of esters is 1. The Morgan fingerprint density at radius 1 is 1.13 bits per heavy atom. The van der Waals surface area contributed by atoms with Gasteiger partial charge in [-0.1, -0.05) is 36.7 Å². The van der Waals surface area contributed by atoms with Gasteiger partial charge in [0.25, 0.3) is 0 Å². The molecule has 10 heteroatoms. The van der Waals surface area contributed by atoms with E-state index in [1.165, 1.54) is 4.68 Å². The Morgan fingerprint density at radius 2 is 1.84 bits per heavy atom. The third kappa shape index (κ3) is 6.22. The average Bonchev–Trinajstić information content (AvgIpc) is 3.14. The Hall–Kier alpha value is -3.04. The van der Waals surface area contributed by atoms with E-state index in [1.54, 1.807) is 48.5 Å². The molecule has 3 rings (SSSR count). The summed E-state index contributed by atoms with van der Waals surface area (Å²) in [5, 5.41) is 11.9. The van der Waals surface area contributed by atoms with Crippen molar-refractivity contribution in [3.05, 3.63) is 59.1 Å². The number of amides is 1. The SMILES string of the molecule is CCCCOC(=O)c1ccc(NC(=O)CSc2nnc(-c3ccc(Cl)cc3)n2N)cc1. The molecule has 2 aromatic carbocycles. The van der Waals surface area contributed by atoms with E-state index in [2.05, 4.69) is 15.5 Å². The number of aromatic nitrogens is 3. The first-order chi connectivity index (χ1) is 15.0. The lowest BCUT2D eigenvalue weighted by molar-refractivity contribution is -0.113. The smallest absolute Gasteiger partial charge is 0.338 e. The highest BCUT2D eigenvalue weighted by molar-refractivity contribution is 7.99. The molecule has 1 amide bonds. The van der Waals surface area contributed by atoms with E-state index in [4.69, 9.17) is 22.2 Å². The number of nitrogens with two attached hydrogens (primary N) is 1. The maximum Gasteiger partial charge on any atom is 0.338 e. The number of benzene rings is 2. The van der Waals surface area contributed by atoms with Crippen LogP contribution in [0.4, 0.5) is 5.69 Å². The summed E-state index contributed by atoms with van der Waals surface area (Å²) < 4.78 is 6.50. The molecule has 0 unspecified atom stereocenters. The number of anilines is 1. The Morgan fingerprint density at radius 3 is 2.52 bits per heavy atom. The highest BCUT2D eigenvalue weighted by Crippen LogP contribution is 2.23. The predicted octanol–water partition coefficient (Wildman–Crippen LogP) is 4.00. The Kier molecular flexibility index (Phi) is 7.91. The topological polar surface area (TPSA) is 112 Å². The van der Waals surface area contributed by atoms with E-state index in [9.17, 15) is 9.59 Å². The number of halogens is 1. The minimum Gasteiger partial charge on any atom is -0.462 e. The number of nitrogen functional groups attached to an aromatic ring is 1. The maximum absolute atomic E-state index is 12.3. The molecule has 0 fully saturated rings. The summed E-state index contributed by atoms with van der Waals surface area (Å²) in [6.45, 7) is 2.43. The summed E-state index contributed by atoms with van der Waals surface area (Å²) in [5.74, 6) is 6.02. The summed E-state index contributed by atoms with van der Waals surface area (Å²) in [5.41, 5.74) is 1.78. The van der Waals surface area contributed by atoms with Crippen molar-refractivity contribution < 1.29 is 14.3 Å². The number of rotatable bonds is 9. The third-order valence-corrected chi connectivity index (χ3v) is 5.43. The molecule has 1 heterocycles. The van der Waals surface area contributed by atoms with Crippen molar-refractivity contribution >= 4 is 40.9 Å². The van der Waals surface area contributed by atoms with Gasteiger partial charge in [0.05, 0.1) is 17.9 Å². The molecule has 0 aliphatic carbocycles. The van der Waals surface area contributed by atoms with Crippen LogP contribution in [0.25, 0.3) is 11.4 Å². The molecule has 3 aromatic rings. The second kappa shape index (κ2) is 10.8.